The van der Waals surface area contributed by atoms with Crippen molar-refractivity contribution >= 4 is 12.1 Å². The smallest absolute Gasteiger partial charge is 0.231 e. The molecular formula is C37H42N4O4. The molecule has 45 heavy (non-hydrogen) atoms. The minimum Gasteiger partial charge on any atom is -0.507 e. The molecule has 1 fully saturated rings. The zero-order valence-corrected chi connectivity index (χ0v) is 25.6. The number of amides is 1. The summed E-state index contributed by atoms with van der Waals surface area (Å²) in [6, 6.07) is 31.8. The lowest BCUT2D eigenvalue weighted by atomic mass is 10.1. The number of ether oxygens (including phenoxy) is 2. The second kappa shape index (κ2) is 17.4. The van der Waals surface area contributed by atoms with Crippen LogP contribution in [-0.2, 0) is 31.0 Å². The van der Waals surface area contributed by atoms with Gasteiger partial charge < -0.3 is 25.7 Å². The lowest BCUT2D eigenvalue weighted by molar-refractivity contribution is -0.119. The molecule has 4 aromatic carbocycles. The first-order chi connectivity index (χ1) is 21.9. The molecule has 0 aromatic heterocycles. The Morgan fingerprint density at radius 2 is 1.40 bits per heavy atom. The molecule has 1 saturated heterocycles. The highest BCUT2D eigenvalue weighted by molar-refractivity contribution is 5.81. The fourth-order valence-corrected chi connectivity index (χ4v) is 4.99. The fourth-order valence-electron chi connectivity index (χ4n) is 4.99. The standard InChI is InChI=1S/C27H31N3O3.C10H11NO/c28-27(31)19-30-15-13-29(14-16-30)18-24-11-12-25(32-20-22-7-3-1-4-8-22)26(17-24)33-21-23-9-5-2-6-10-23;1-2-4-8-5-3-6-9(7-11)10(8)12/h1-12,17H,13-16,18-21H2,(H2,28,31);2-3,5-7,11-12H,1,4H2. The van der Waals surface area contributed by atoms with Gasteiger partial charge in [0.2, 0.25) is 5.91 Å². The highest BCUT2D eigenvalue weighted by Crippen LogP contribution is 2.31. The zero-order valence-electron chi connectivity index (χ0n) is 25.6. The van der Waals surface area contributed by atoms with Gasteiger partial charge in [-0.15, -0.1) is 6.58 Å². The molecule has 4 aromatic rings. The van der Waals surface area contributed by atoms with Crippen LogP contribution in [0.3, 0.4) is 0 Å². The van der Waals surface area contributed by atoms with Gasteiger partial charge in [0, 0.05) is 44.5 Å². The molecular weight excluding hydrogens is 564 g/mol. The molecule has 4 N–H and O–H groups in total. The number of rotatable bonds is 13. The maximum Gasteiger partial charge on any atom is 0.231 e. The molecule has 0 atom stereocenters. The van der Waals surface area contributed by atoms with E-state index in [1.54, 1.807) is 12.1 Å². The average Bonchev–Trinajstić information content (AvgIpc) is 3.06. The molecule has 0 radical (unpaired) electrons. The minimum atomic E-state index is -0.269. The van der Waals surface area contributed by atoms with E-state index in [2.05, 4.69) is 52.8 Å². The van der Waals surface area contributed by atoms with E-state index in [1.807, 2.05) is 54.6 Å². The number of nitrogens with one attached hydrogen (secondary N) is 1. The first kappa shape index (κ1) is 33.0. The summed E-state index contributed by atoms with van der Waals surface area (Å²) in [5.74, 6) is 1.41. The van der Waals surface area contributed by atoms with Gasteiger partial charge in [0.15, 0.2) is 11.5 Å². The Bertz CT molecular complexity index is 1520. The van der Waals surface area contributed by atoms with Crippen LogP contribution in [0.1, 0.15) is 27.8 Å². The van der Waals surface area contributed by atoms with E-state index >= 15 is 0 Å². The Labute approximate surface area is 265 Å². The Balaban J connectivity index is 0.000000323. The Hall–Kier alpha value is -4.92. The monoisotopic (exact) mass is 606 g/mol. The van der Waals surface area contributed by atoms with Crippen LogP contribution in [0.15, 0.2) is 110 Å². The largest absolute Gasteiger partial charge is 0.507 e. The zero-order chi connectivity index (χ0) is 31.9. The highest BCUT2D eigenvalue weighted by atomic mass is 16.5. The number of carbonyl (C=O) groups excluding carboxylic acids is 1. The number of phenols is 1. The topological polar surface area (TPSA) is 112 Å². The van der Waals surface area contributed by atoms with E-state index in [0.717, 1.165) is 67.1 Å². The molecule has 0 unspecified atom stereocenters. The van der Waals surface area contributed by atoms with Crippen molar-refractivity contribution in [2.75, 3.05) is 32.7 Å². The molecule has 5 rings (SSSR count). The summed E-state index contributed by atoms with van der Waals surface area (Å²) < 4.78 is 12.3. The van der Waals surface area contributed by atoms with Crippen LogP contribution >= 0.6 is 0 Å². The molecule has 8 nitrogen and oxygen atoms in total. The predicted octanol–water partition coefficient (Wildman–Crippen LogP) is 5.57. The number of benzene rings is 4. The van der Waals surface area contributed by atoms with E-state index in [1.165, 1.54) is 5.56 Å². The van der Waals surface area contributed by atoms with Crippen molar-refractivity contribution in [3.05, 3.63) is 138 Å². The number of phenolic OH excluding ortho intramolecular Hbond substituents is 1. The van der Waals surface area contributed by atoms with Crippen molar-refractivity contribution < 1.29 is 19.4 Å². The molecule has 0 saturated carbocycles. The maximum absolute atomic E-state index is 11.2. The van der Waals surface area contributed by atoms with Crippen LogP contribution < -0.4 is 15.2 Å². The van der Waals surface area contributed by atoms with E-state index in [4.69, 9.17) is 20.6 Å². The minimum absolute atomic E-state index is 0.187. The van der Waals surface area contributed by atoms with Crippen molar-refractivity contribution in [2.24, 2.45) is 5.73 Å². The number of hydrogen-bond donors (Lipinski definition) is 3. The Morgan fingerprint density at radius 1 is 0.800 bits per heavy atom. The van der Waals surface area contributed by atoms with Crippen LogP contribution in [-0.4, -0.2) is 59.8 Å². The summed E-state index contributed by atoms with van der Waals surface area (Å²) in [6.45, 7) is 9.21. The normalized spacial score (nSPS) is 13.2. The molecule has 1 aliphatic heterocycles. The van der Waals surface area contributed by atoms with Crippen molar-refractivity contribution in [1.82, 2.24) is 9.80 Å². The molecule has 1 aliphatic rings. The lowest BCUT2D eigenvalue weighted by Crippen LogP contribution is -2.48. The van der Waals surface area contributed by atoms with Gasteiger partial charge in [0.1, 0.15) is 19.0 Å². The number of nitrogens with zero attached hydrogens (tertiary/aromatic N) is 2. The van der Waals surface area contributed by atoms with Crippen LogP contribution in [0.4, 0.5) is 0 Å². The lowest BCUT2D eigenvalue weighted by Gasteiger charge is -2.34. The van der Waals surface area contributed by atoms with Gasteiger partial charge in [-0.3, -0.25) is 14.6 Å². The Morgan fingerprint density at radius 3 is 1.98 bits per heavy atom. The molecule has 0 bridgehead atoms. The molecule has 1 heterocycles. The van der Waals surface area contributed by atoms with Crippen LogP contribution in [0.25, 0.3) is 0 Å². The number of allylic oxidation sites excluding steroid dienone is 1. The van der Waals surface area contributed by atoms with Gasteiger partial charge >= 0.3 is 0 Å². The van der Waals surface area contributed by atoms with Crippen LogP contribution in [0.5, 0.6) is 17.2 Å². The molecule has 0 spiro atoms. The third-order valence-electron chi connectivity index (χ3n) is 7.40. The van der Waals surface area contributed by atoms with Gasteiger partial charge in [0.05, 0.1) is 6.54 Å². The summed E-state index contributed by atoms with van der Waals surface area (Å²) in [7, 11) is 0. The number of carbonyl (C=O) groups is 1. The summed E-state index contributed by atoms with van der Waals surface area (Å²) in [6.07, 6.45) is 3.50. The summed E-state index contributed by atoms with van der Waals surface area (Å²) in [5, 5.41) is 16.5. The molecule has 8 heteroatoms. The summed E-state index contributed by atoms with van der Waals surface area (Å²) >= 11 is 0. The highest BCUT2D eigenvalue weighted by Gasteiger charge is 2.19. The number of primary amides is 1. The maximum atomic E-state index is 11.2. The van der Waals surface area contributed by atoms with Crippen molar-refractivity contribution in [1.29, 1.82) is 5.41 Å². The second-order valence-electron chi connectivity index (χ2n) is 10.8. The number of piperazine rings is 1. The first-order valence-corrected chi connectivity index (χ1v) is 15.1. The number of hydrogen-bond acceptors (Lipinski definition) is 7. The summed E-state index contributed by atoms with van der Waals surface area (Å²) in [4.78, 5) is 15.7. The Kier molecular flexibility index (Phi) is 12.7. The fraction of sp³-hybridized carbons (Fsp3) is 0.243. The third kappa shape index (κ3) is 10.6. The first-order valence-electron chi connectivity index (χ1n) is 15.1. The van der Waals surface area contributed by atoms with Gasteiger partial charge in [-0.25, -0.2) is 0 Å². The predicted molar refractivity (Wildman–Crippen MR) is 179 cm³/mol. The van der Waals surface area contributed by atoms with E-state index in [0.29, 0.717) is 31.7 Å². The third-order valence-corrected chi connectivity index (χ3v) is 7.40. The average molecular weight is 607 g/mol. The SMILES string of the molecule is C=CCc1cccc(C=N)c1O.NC(=O)CN1CCN(Cc2ccc(OCc3ccccc3)c(OCc3ccccc3)c2)CC1. The number of nitrogens with two attached hydrogens (primary N) is 1. The van der Waals surface area contributed by atoms with E-state index < -0.39 is 0 Å². The quantitative estimate of drug-likeness (QED) is 0.136. The van der Waals surface area contributed by atoms with Gasteiger partial charge in [-0.05, 0) is 46.9 Å². The van der Waals surface area contributed by atoms with Crippen LogP contribution in [0.2, 0.25) is 0 Å². The van der Waals surface area contributed by atoms with Crippen molar-refractivity contribution in [3.8, 4) is 17.2 Å². The van der Waals surface area contributed by atoms with Gasteiger partial charge in [-0.2, -0.15) is 0 Å². The van der Waals surface area contributed by atoms with E-state index in [9.17, 15) is 9.90 Å². The van der Waals surface area contributed by atoms with Gasteiger partial charge in [0.25, 0.3) is 0 Å². The van der Waals surface area contributed by atoms with Crippen molar-refractivity contribution in [3.63, 3.8) is 0 Å². The molecule has 234 valence electrons. The number of para-hydroxylation sites is 1. The van der Waals surface area contributed by atoms with E-state index in [-0.39, 0.29) is 11.7 Å². The van der Waals surface area contributed by atoms with Crippen molar-refractivity contribution in [2.45, 2.75) is 26.2 Å². The number of aromatic hydroxyl groups is 1. The molecule has 0 aliphatic carbocycles. The summed E-state index contributed by atoms with van der Waals surface area (Å²) in [5.41, 5.74) is 10.1. The van der Waals surface area contributed by atoms with Gasteiger partial charge in [-0.1, -0.05) is 84.9 Å². The molecule has 1 amide bonds. The second-order valence-corrected chi connectivity index (χ2v) is 10.8. The van der Waals surface area contributed by atoms with Crippen LogP contribution in [0, 0.1) is 5.41 Å².